The zero-order valence-electron chi connectivity index (χ0n) is 6.56. The second-order valence-electron chi connectivity index (χ2n) is 2.26. The van der Waals surface area contributed by atoms with Crippen LogP contribution in [0.4, 0.5) is 0 Å². The third kappa shape index (κ3) is 3.46. The van der Waals surface area contributed by atoms with Crippen LogP contribution in [0, 0.1) is 0 Å². The van der Waals surface area contributed by atoms with Gasteiger partial charge in [0.1, 0.15) is 6.61 Å². The molecule has 0 bridgehead atoms. The van der Waals surface area contributed by atoms with E-state index in [1.807, 2.05) is 0 Å². The molecule has 12 heavy (non-hydrogen) atoms. The van der Waals surface area contributed by atoms with Gasteiger partial charge in [0.05, 0.1) is 19.3 Å². The molecule has 7 heteroatoms. The Morgan fingerprint density at radius 3 is 2.83 bits per heavy atom. The lowest BCUT2D eigenvalue weighted by molar-refractivity contribution is -0.223. The van der Waals surface area contributed by atoms with Crippen LogP contribution in [0.3, 0.4) is 0 Å². The minimum Gasteiger partial charge on any atom is -0.374 e. The maximum atomic E-state index is 10.7. The molecular formula is C5H10O6S. The van der Waals surface area contributed by atoms with Gasteiger partial charge in [-0.1, -0.05) is 4.33 Å². The van der Waals surface area contributed by atoms with E-state index in [0.29, 0.717) is 0 Å². The molecule has 1 fully saturated rings. The average molecular weight is 198 g/mol. The zero-order valence-corrected chi connectivity index (χ0v) is 7.37. The van der Waals surface area contributed by atoms with Gasteiger partial charge in [0.15, 0.2) is 0 Å². The molecule has 0 aromatic rings. The lowest BCUT2D eigenvalue weighted by Crippen LogP contribution is -2.16. The second kappa shape index (κ2) is 4.15. The van der Waals surface area contributed by atoms with Gasteiger partial charge >= 0.3 is 10.4 Å². The van der Waals surface area contributed by atoms with Crippen molar-refractivity contribution in [2.24, 2.45) is 0 Å². The van der Waals surface area contributed by atoms with Crippen molar-refractivity contribution < 1.29 is 26.6 Å². The lowest BCUT2D eigenvalue weighted by atomic mass is 10.4. The molecule has 1 saturated heterocycles. The first-order chi connectivity index (χ1) is 5.60. The Morgan fingerprint density at radius 1 is 1.33 bits per heavy atom. The van der Waals surface area contributed by atoms with Crippen molar-refractivity contribution in [3.05, 3.63) is 0 Å². The highest BCUT2D eigenvalue weighted by Crippen LogP contribution is 2.02. The van der Waals surface area contributed by atoms with Crippen molar-refractivity contribution in [1.82, 2.24) is 0 Å². The summed E-state index contributed by atoms with van der Waals surface area (Å²) in [7, 11) is -3.99. The van der Waals surface area contributed by atoms with Crippen LogP contribution in [0.1, 0.15) is 6.92 Å². The molecule has 0 aromatic carbocycles. The van der Waals surface area contributed by atoms with Crippen LogP contribution in [-0.2, 0) is 28.5 Å². The lowest BCUT2D eigenvalue weighted by Gasteiger charge is -2.07. The molecule has 1 unspecified atom stereocenters. The van der Waals surface area contributed by atoms with Crippen molar-refractivity contribution in [3.63, 3.8) is 0 Å². The summed E-state index contributed by atoms with van der Waals surface area (Å²) in [5, 5.41) is 0. The maximum Gasteiger partial charge on any atom is 0.426 e. The van der Waals surface area contributed by atoms with Crippen molar-refractivity contribution in [2.75, 3.05) is 19.8 Å². The highest BCUT2D eigenvalue weighted by Gasteiger charge is 2.17. The predicted octanol–water partition coefficient (Wildman–Crippen LogP) is -0.385. The van der Waals surface area contributed by atoms with Crippen molar-refractivity contribution >= 4 is 10.4 Å². The van der Waals surface area contributed by atoms with Crippen LogP contribution in [0.2, 0.25) is 0 Å². The summed E-state index contributed by atoms with van der Waals surface area (Å²) in [4.78, 5) is 4.34. The zero-order chi connectivity index (χ0) is 9.03. The summed E-state index contributed by atoms with van der Waals surface area (Å²) in [6, 6.07) is 0. The van der Waals surface area contributed by atoms with E-state index in [1.54, 1.807) is 6.92 Å². The second-order valence-corrected chi connectivity index (χ2v) is 3.45. The van der Waals surface area contributed by atoms with Gasteiger partial charge in [0.2, 0.25) is 0 Å². The molecule has 0 spiro atoms. The van der Waals surface area contributed by atoms with Gasteiger partial charge in [-0.2, -0.15) is 8.42 Å². The van der Waals surface area contributed by atoms with E-state index in [4.69, 9.17) is 4.74 Å². The van der Waals surface area contributed by atoms with Gasteiger partial charge in [-0.3, -0.25) is 0 Å². The van der Waals surface area contributed by atoms with Crippen LogP contribution >= 0.6 is 0 Å². The molecule has 0 N–H and O–H groups in total. The number of hydrogen-bond donors (Lipinski definition) is 0. The quantitative estimate of drug-likeness (QED) is 0.494. The van der Waals surface area contributed by atoms with Gasteiger partial charge in [0.25, 0.3) is 0 Å². The first-order valence-corrected chi connectivity index (χ1v) is 4.75. The number of rotatable bonds is 0. The van der Waals surface area contributed by atoms with Crippen LogP contribution in [0.15, 0.2) is 0 Å². The van der Waals surface area contributed by atoms with Crippen molar-refractivity contribution in [3.8, 4) is 0 Å². The summed E-state index contributed by atoms with van der Waals surface area (Å²) in [6.45, 7) is 1.94. The summed E-state index contributed by atoms with van der Waals surface area (Å²) < 4.78 is 34.7. The third-order valence-corrected chi connectivity index (χ3v) is 1.87. The van der Waals surface area contributed by atoms with E-state index < -0.39 is 10.4 Å². The van der Waals surface area contributed by atoms with E-state index in [0.717, 1.165) is 0 Å². The molecule has 0 radical (unpaired) electrons. The predicted molar refractivity (Wildman–Crippen MR) is 37.3 cm³/mol. The third-order valence-electron chi connectivity index (χ3n) is 1.15. The number of hydrogen-bond acceptors (Lipinski definition) is 6. The Hall–Kier alpha value is -0.210. The molecule has 1 atom stereocenters. The summed E-state index contributed by atoms with van der Waals surface area (Å²) in [5.41, 5.74) is 0. The van der Waals surface area contributed by atoms with Gasteiger partial charge in [-0.05, 0) is 6.92 Å². The molecule has 1 heterocycles. The number of ether oxygens (including phenoxy) is 1. The van der Waals surface area contributed by atoms with Gasteiger partial charge in [-0.15, -0.1) is 0 Å². The van der Waals surface area contributed by atoms with E-state index >= 15 is 0 Å². The topological polar surface area (TPSA) is 71.1 Å². The van der Waals surface area contributed by atoms with Crippen LogP contribution in [0.5, 0.6) is 0 Å². The van der Waals surface area contributed by atoms with E-state index in [-0.39, 0.29) is 25.9 Å². The molecule has 1 rings (SSSR count). The first kappa shape index (κ1) is 9.87. The Morgan fingerprint density at radius 2 is 2.08 bits per heavy atom. The van der Waals surface area contributed by atoms with Crippen LogP contribution in [-0.4, -0.2) is 34.3 Å². The SMILES string of the molecule is CC1COOS(=O)(=O)OCCO1. The van der Waals surface area contributed by atoms with Gasteiger partial charge in [0, 0.05) is 0 Å². The molecule has 1 aliphatic rings. The monoisotopic (exact) mass is 198 g/mol. The van der Waals surface area contributed by atoms with Crippen molar-refractivity contribution in [1.29, 1.82) is 0 Å². The van der Waals surface area contributed by atoms with Crippen LogP contribution < -0.4 is 0 Å². The molecule has 0 saturated carbocycles. The van der Waals surface area contributed by atoms with E-state index in [1.165, 1.54) is 0 Å². The Kier molecular flexibility index (Phi) is 3.41. The maximum absolute atomic E-state index is 10.7. The molecule has 6 nitrogen and oxygen atoms in total. The summed E-state index contributed by atoms with van der Waals surface area (Å²) in [6.07, 6.45) is -0.207. The minimum atomic E-state index is -3.99. The Bertz CT molecular complexity index is 222. The minimum absolute atomic E-state index is 0.0581. The van der Waals surface area contributed by atoms with Crippen molar-refractivity contribution in [2.45, 2.75) is 13.0 Å². The molecule has 1 aliphatic heterocycles. The van der Waals surface area contributed by atoms with E-state index in [2.05, 4.69) is 13.4 Å². The molecule has 72 valence electrons. The standard InChI is InChI=1S/C5H10O6S/c1-5-4-9-11-12(6,7)10-3-2-8-5/h5H,2-4H2,1H3. The highest BCUT2D eigenvalue weighted by atomic mass is 32.3. The van der Waals surface area contributed by atoms with Gasteiger partial charge < -0.3 is 4.74 Å². The van der Waals surface area contributed by atoms with E-state index in [9.17, 15) is 8.42 Å². The molecular weight excluding hydrogens is 188 g/mol. The normalized spacial score (nSPS) is 31.6. The molecule has 0 amide bonds. The summed E-state index contributed by atoms with van der Waals surface area (Å²) in [5.74, 6) is 0. The Labute approximate surface area is 70.6 Å². The summed E-state index contributed by atoms with van der Waals surface area (Å²) >= 11 is 0. The van der Waals surface area contributed by atoms with Crippen LogP contribution in [0.25, 0.3) is 0 Å². The van der Waals surface area contributed by atoms with Gasteiger partial charge in [-0.25, -0.2) is 9.07 Å². The fourth-order valence-electron chi connectivity index (χ4n) is 0.636. The largest absolute Gasteiger partial charge is 0.426 e. The fourth-order valence-corrected chi connectivity index (χ4v) is 1.12. The molecule has 0 aromatic heterocycles. The average Bonchev–Trinajstić information content (AvgIpc) is 2.02. The highest BCUT2D eigenvalue weighted by molar-refractivity contribution is 7.81. The molecule has 0 aliphatic carbocycles. The smallest absolute Gasteiger partial charge is 0.374 e. The fraction of sp³-hybridized carbons (Fsp3) is 1.00. The first-order valence-electron chi connectivity index (χ1n) is 3.42. The Balaban J connectivity index is 2.48.